The topological polar surface area (TPSA) is 58.2 Å². The fraction of sp³-hybridized carbons (Fsp3) is 0.353. The van der Waals surface area contributed by atoms with Gasteiger partial charge in [0.15, 0.2) is 0 Å². The highest BCUT2D eigenvalue weighted by molar-refractivity contribution is 5.45. The standard InChI is InChI=1S/C17H20N2O2/c1-12(2)17(20)15-6-7-19(11-15)10-13-4-5-14(9-18)16(8-13)21-3/h4-8,11-12,17,20H,10H2,1-3H3. The molecule has 0 saturated heterocycles. The Balaban J connectivity index is 2.17. The summed E-state index contributed by atoms with van der Waals surface area (Å²) < 4.78 is 7.23. The molecule has 0 amide bonds. The molecule has 110 valence electrons. The molecular weight excluding hydrogens is 264 g/mol. The van der Waals surface area contributed by atoms with Gasteiger partial charge < -0.3 is 14.4 Å². The van der Waals surface area contributed by atoms with Crippen LogP contribution >= 0.6 is 0 Å². The summed E-state index contributed by atoms with van der Waals surface area (Å²) in [5.74, 6) is 0.778. The van der Waals surface area contributed by atoms with Crippen LogP contribution in [0.5, 0.6) is 5.75 Å². The number of aliphatic hydroxyl groups is 1. The summed E-state index contributed by atoms with van der Waals surface area (Å²) in [6.07, 6.45) is 3.46. The number of hydrogen-bond donors (Lipinski definition) is 1. The molecule has 0 radical (unpaired) electrons. The van der Waals surface area contributed by atoms with E-state index in [1.807, 2.05) is 49.0 Å². The Kier molecular flexibility index (Phi) is 4.66. The summed E-state index contributed by atoms with van der Waals surface area (Å²) in [6.45, 7) is 4.66. The van der Waals surface area contributed by atoms with Crippen LogP contribution in [0, 0.1) is 17.2 Å². The third kappa shape index (κ3) is 3.45. The lowest BCUT2D eigenvalue weighted by Gasteiger charge is -2.12. The fourth-order valence-electron chi connectivity index (χ4n) is 2.25. The van der Waals surface area contributed by atoms with Crippen LogP contribution in [0.4, 0.5) is 0 Å². The summed E-state index contributed by atoms with van der Waals surface area (Å²) in [6, 6.07) is 9.59. The van der Waals surface area contributed by atoms with Crippen molar-refractivity contribution in [3.63, 3.8) is 0 Å². The van der Waals surface area contributed by atoms with Gasteiger partial charge in [0.25, 0.3) is 0 Å². The molecule has 1 N–H and O–H groups in total. The number of methoxy groups -OCH3 is 1. The Hall–Kier alpha value is -2.25. The van der Waals surface area contributed by atoms with Crippen LogP contribution in [0.1, 0.15) is 36.6 Å². The van der Waals surface area contributed by atoms with Gasteiger partial charge >= 0.3 is 0 Å². The average Bonchev–Trinajstić information content (AvgIpc) is 2.94. The van der Waals surface area contributed by atoms with Crippen LogP contribution < -0.4 is 4.74 Å². The largest absolute Gasteiger partial charge is 0.495 e. The van der Waals surface area contributed by atoms with E-state index in [-0.39, 0.29) is 5.92 Å². The molecule has 2 aromatic rings. The molecule has 0 aliphatic carbocycles. The quantitative estimate of drug-likeness (QED) is 0.917. The van der Waals surface area contributed by atoms with Crippen LogP contribution in [0.25, 0.3) is 0 Å². The second-order valence-corrected chi connectivity index (χ2v) is 5.45. The van der Waals surface area contributed by atoms with Gasteiger partial charge in [-0.2, -0.15) is 5.26 Å². The van der Waals surface area contributed by atoms with Gasteiger partial charge in [-0.3, -0.25) is 0 Å². The second kappa shape index (κ2) is 6.47. The van der Waals surface area contributed by atoms with Gasteiger partial charge in [0.05, 0.1) is 18.8 Å². The number of ether oxygens (including phenoxy) is 1. The van der Waals surface area contributed by atoms with E-state index in [2.05, 4.69) is 6.07 Å². The van der Waals surface area contributed by atoms with E-state index in [4.69, 9.17) is 10.00 Å². The zero-order valence-electron chi connectivity index (χ0n) is 12.6. The monoisotopic (exact) mass is 284 g/mol. The highest BCUT2D eigenvalue weighted by Gasteiger charge is 2.13. The van der Waals surface area contributed by atoms with Crippen LogP contribution in [-0.2, 0) is 6.54 Å². The van der Waals surface area contributed by atoms with Crippen molar-refractivity contribution in [2.24, 2.45) is 5.92 Å². The maximum absolute atomic E-state index is 10.1. The summed E-state index contributed by atoms with van der Waals surface area (Å²) in [4.78, 5) is 0. The van der Waals surface area contributed by atoms with Crippen molar-refractivity contribution in [2.75, 3.05) is 7.11 Å². The summed E-state index contributed by atoms with van der Waals surface area (Å²) in [5.41, 5.74) is 2.50. The van der Waals surface area contributed by atoms with Gasteiger partial charge in [-0.15, -0.1) is 0 Å². The molecule has 4 heteroatoms. The minimum absolute atomic E-state index is 0.191. The highest BCUT2D eigenvalue weighted by atomic mass is 16.5. The predicted molar refractivity (Wildman–Crippen MR) is 81.0 cm³/mol. The molecule has 1 atom stereocenters. The first-order valence-corrected chi connectivity index (χ1v) is 6.96. The number of aliphatic hydroxyl groups excluding tert-OH is 1. The van der Waals surface area contributed by atoms with E-state index in [1.165, 1.54) is 0 Å². The molecule has 0 bridgehead atoms. The number of hydrogen-bond acceptors (Lipinski definition) is 3. The van der Waals surface area contributed by atoms with Crippen LogP contribution in [0.15, 0.2) is 36.7 Å². The smallest absolute Gasteiger partial charge is 0.136 e. The van der Waals surface area contributed by atoms with Crippen molar-refractivity contribution in [2.45, 2.75) is 26.5 Å². The molecule has 0 aliphatic heterocycles. The van der Waals surface area contributed by atoms with E-state index >= 15 is 0 Å². The summed E-state index contributed by atoms with van der Waals surface area (Å²) in [5, 5.41) is 19.0. The highest BCUT2D eigenvalue weighted by Crippen LogP contribution is 2.23. The molecule has 1 aromatic heterocycles. The summed E-state index contributed by atoms with van der Waals surface area (Å²) >= 11 is 0. The molecule has 1 unspecified atom stereocenters. The van der Waals surface area contributed by atoms with Crippen molar-refractivity contribution in [3.8, 4) is 11.8 Å². The average molecular weight is 284 g/mol. The van der Waals surface area contributed by atoms with E-state index in [9.17, 15) is 5.11 Å². The molecule has 2 rings (SSSR count). The summed E-state index contributed by atoms with van der Waals surface area (Å²) in [7, 11) is 1.56. The Morgan fingerprint density at radius 1 is 1.33 bits per heavy atom. The molecule has 1 heterocycles. The van der Waals surface area contributed by atoms with Gasteiger partial charge in [-0.25, -0.2) is 0 Å². The maximum Gasteiger partial charge on any atom is 0.136 e. The van der Waals surface area contributed by atoms with Gasteiger partial charge in [-0.05, 0) is 35.2 Å². The minimum atomic E-state index is -0.443. The molecular formula is C17H20N2O2. The van der Waals surface area contributed by atoms with Crippen molar-refractivity contribution < 1.29 is 9.84 Å². The van der Waals surface area contributed by atoms with Crippen LogP contribution in [-0.4, -0.2) is 16.8 Å². The third-order valence-corrected chi connectivity index (χ3v) is 3.50. The first-order valence-electron chi connectivity index (χ1n) is 6.96. The Morgan fingerprint density at radius 3 is 2.71 bits per heavy atom. The van der Waals surface area contributed by atoms with Gasteiger partial charge in [0.1, 0.15) is 11.8 Å². The van der Waals surface area contributed by atoms with E-state index in [0.717, 1.165) is 11.1 Å². The van der Waals surface area contributed by atoms with Crippen LogP contribution in [0.2, 0.25) is 0 Å². The van der Waals surface area contributed by atoms with Crippen molar-refractivity contribution in [1.82, 2.24) is 4.57 Å². The molecule has 0 saturated carbocycles. The predicted octanol–water partition coefficient (Wildman–Crippen LogP) is 3.11. The molecule has 0 fully saturated rings. The normalized spacial score (nSPS) is 12.2. The molecule has 21 heavy (non-hydrogen) atoms. The Bertz CT molecular complexity index is 653. The molecule has 0 aliphatic rings. The lowest BCUT2D eigenvalue weighted by atomic mass is 10.0. The lowest BCUT2D eigenvalue weighted by molar-refractivity contribution is 0.127. The van der Waals surface area contributed by atoms with Crippen molar-refractivity contribution in [3.05, 3.63) is 53.3 Å². The number of nitrogens with zero attached hydrogens (tertiary/aromatic N) is 2. The number of rotatable bonds is 5. The SMILES string of the molecule is COc1cc(Cn2ccc(C(O)C(C)C)c2)ccc1C#N. The third-order valence-electron chi connectivity index (χ3n) is 3.50. The second-order valence-electron chi connectivity index (χ2n) is 5.45. The van der Waals surface area contributed by atoms with E-state index in [0.29, 0.717) is 17.9 Å². The Labute approximate surface area is 125 Å². The number of aromatic nitrogens is 1. The fourth-order valence-corrected chi connectivity index (χ4v) is 2.25. The van der Waals surface area contributed by atoms with Gasteiger partial charge in [0.2, 0.25) is 0 Å². The number of nitriles is 1. The van der Waals surface area contributed by atoms with E-state index < -0.39 is 6.10 Å². The number of benzene rings is 1. The molecule has 1 aromatic carbocycles. The van der Waals surface area contributed by atoms with Crippen molar-refractivity contribution >= 4 is 0 Å². The minimum Gasteiger partial charge on any atom is -0.495 e. The molecule has 0 spiro atoms. The maximum atomic E-state index is 10.1. The Morgan fingerprint density at radius 2 is 2.10 bits per heavy atom. The first kappa shape index (κ1) is 15.1. The van der Waals surface area contributed by atoms with Crippen LogP contribution in [0.3, 0.4) is 0 Å². The zero-order valence-corrected chi connectivity index (χ0v) is 12.6. The van der Waals surface area contributed by atoms with Crippen molar-refractivity contribution in [1.29, 1.82) is 5.26 Å². The molecule has 4 nitrogen and oxygen atoms in total. The van der Waals surface area contributed by atoms with Gasteiger partial charge in [-0.1, -0.05) is 19.9 Å². The lowest BCUT2D eigenvalue weighted by Crippen LogP contribution is -2.04. The van der Waals surface area contributed by atoms with E-state index in [1.54, 1.807) is 13.2 Å². The zero-order chi connectivity index (χ0) is 15.4. The van der Waals surface area contributed by atoms with Gasteiger partial charge in [0, 0.05) is 18.9 Å². The first-order chi connectivity index (χ1) is 10.0.